The van der Waals surface area contributed by atoms with Crippen molar-refractivity contribution in [2.24, 2.45) is 4.99 Å². The van der Waals surface area contributed by atoms with Crippen molar-refractivity contribution in [1.82, 2.24) is 4.90 Å². The Kier molecular flexibility index (Phi) is 5.66. The number of allylic oxidation sites excluding steroid dienone is 1. The van der Waals surface area contributed by atoms with Crippen LogP contribution in [-0.2, 0) is 14.3 Å². The van der Waals surface area contributed by atoms with E-state index in [1.165, 1.54) is 18.9 Å². The van der Waals surface area contributed by atoms with Crippen LogP contribution >= 0.6 is 11.8 Å². The highest BCUT2D eigenvalue weighted by atomic mass is 32.2. The molecule has 7 heteroatoms. The molecular formula is C19H22N2O4S. The second-order valence-corrected chi connectivity index (χ2v) is 7.13. The third-order valence-corrected chi connectivity index (χ3v) is 5.24. The van der Waals surface area contributed by atoms with Gasteiger partial charge in [0.1, 0.15) is 5.75 Å². The van der Waals surface area contributed by atoms with Crippen molar-refractivity contribution in [3.05, 3.63) is 41.1 Å². The largest absolute Gasteiger partial charge is 0.494 e. The van der Waals surface area contributed by atoms with Gasteiger partial charge in [-0.1, -0.05) is 30.8 Å². The summed E-state index contributed by atoms with van der Waals surface area (Å²) in [5.74, 6) is 0.962. The molecule has 0 spiro atoms. The Bertz CT molecular complexity index is 770. The number of amides is 1. The van der Waals surface area contributed by atoms with Crippen molar-refractivity contribution in [2.45, 2.75) is 32.7 Å². The summed E-state index contributed by atoms with van der Waals surface area (Å²) >= 11 is 1.53. The van der Waals surface area contributed by atoms with Gasteiger partial charge in [-0.2, -0.15) is 0 Å². The van der Waals surface area contributed by atoms with Crippen molar-refractivity contribution in [1.29, 1.82) is 0 Å². The van der Waals surface area contributed by atoms with Crippen LogP contribution in [0.3, 0.4) is 0 Å². The fraction of sp³-hybridized carbons (Fsp3) is 0.421. The fourth-order valence-electron chi connectivity index (χ4n) is 3.05. The van der Waals surface area contributed by atoms with Gasteiger partial charge in [0.2, 0.25) is 5.91 Å². The highest BCUT2D eigenvalue weighted by molar-refractivity contribution is 8.14. The van der Waals surface area contributed by atoms with Gasteiger partial charge in [-0.25, -0.2) is 9.79 Å². The number of esters is 1. The molecule has 2 aliphatic heterocycles. The zero-order valence-electron chi connectivity index (χ0n) is 15.2. The summed E-state index contributed by atoms with van der Waals surface area (Å²) in [4.78, 5) is 31.1. The van der Waals surface area contributed by atoms with Gasteiger partial charge in [-0.15, -0.1) is 0 Å². The van der Waals surface area contributed by atoms with Crippen LogP contribution in [0.15, 0.2) is 40.5 Å². The maximum atomic E-state index is 12.6. The van der Waals surface area contributed by atoms with Gasteiger partial charge < -0.3 is 9.47 Å². The predicted octanol–water partition coefficient (Wildman–Crippen LogP) is 3.30. The molecule has 1 saturated heterocycles. The smallest absolute Gasteiger partial charge is 0.338 e. The molecule has 0 aliphatic carbocycles. The minimum absolute atomic E-state index is 0.0345. The van der Waals surface area contributed by atoms with E-state index in [-0.39, 0.29) is 5.91 Å². The number of aliphatic imine (C=N–C) groups is 1. The van der Waals surface area contributed by atoms with E-state index < -0.39 is 12.0 Å². The lowest BCUT2D eigenvalue weighted by atomic mass is 9.94. The third-order valence-electron chi connectivity index (χ3n) is 4.28. The van der Waals surface area contributed by atoms with Crippen LogP contribution < -0.4 is 4.74 Å². The van der Waals surface area contributed by atoms with Gasteiger partial charge in [-0.3, -0.25) is 9.69 Å². The predicted molar refractivity (Wildman–Crippen MR) is 101 cm³/mol. The molecule has 0 N–H and O–H groups in total. The molecule has 1 aromatic rings. The van der Waals surface area contributed by atoms with Gasteiger partial charge in [0.15, 0.2) is 5.17 Å². The molecule has 26 heavy (non-hydrogen) atoms. The number of rotatable bonds is 5. The van der Waals surface area contributed by atoms with Crippen molar-refractivity contribution >= 4 is 28.8 Å². The molecule has 1 amide bonds. The quantitative estimate of drug-likeness (QED) is 0.740. The van der Waals surface area contributed by atoms with Crippen LogP contribution in [-0.4, -0.2) is 41.4 Å². The van der Waals surface area contributed by atoms with Crippen LogP contribution in [0, 0.1) is 0 Å². The summed E-state index contributed by atoms with van der Waals surface area (Å²) in [6.07, 6.45) is 1.35. The van der Waals surface area contributed by atoms with Crippen LogP contribution in [0.5, 0.6) is 5.75 Å². The number of carbonyl (C=O) groups is 2. The molecular weight excluding hydrogens is 352 g/mol. The molecule has 2 aliphatic rings. The number of ether oxygens (including phenoxy) is 2. The first-order valence-electron chi connectivity index (χ1n) is 8.62. The number of thioether (sulfide) groups is 1. The number of methoxy groups -OCH3 is 1. The van der Waals surface area contributed by atoms with E-state index in [1.54, 1.807) is 11.8 Å². The lowest BCUT2D eigenvalue weighted by molar-refractivity contribution is -0.137. The molecule has 6 nitrogen and oxygen atoms in total. The third kappa shape index (κ3) is 3.49. The van der Waals surface area contributed by atoms with E-state index in [9.17, 15) is 9.59 Å². The number of hydrogen-bond acceptors (Lipinski definition) is 6. The normalized spacial score (nSPS) is 19.8. The summed E-state index contributed by atoms with van der Waals surface area (Å²) in [7, 11) is 1.34. The minimum Gasteiger partial charge on any atom is -0.494 e. The standard InChI is InChI=1S/C19H22N2O4S/c1-4-10-25-14-7-5-13(6-8-14)17-16(18(23)24-3)12(2)20-19-21(17)15(22)9-11-26-19/h5-8,17H,4,9-11H2,1-3H3/t17-/m1/s1. The lowest BCUT2D eigenvalue weighted by Crippen LogP contribution is -2.45. The molecule has 138 valence electrons. The van der Waals surface area contributed by atoms with Gasteiger partial charge in [0.05, 0.1) is 31.0 Å². The Labute approximate surface area is 157 Å². The second-order valence-electron chi connectivity index (χ2n) is 6.07. The summed E-state index contributed by atoms with van der Waals surface area (Å²) in [6, 6.07) is 6.98. The first-order valence-corrected chi connectivity index (χ1v) is 9.60. The Morgan fingerprint density at radius 2 is 2.08 bits per heavy atom. The SMILES string of the molecule is CCCOc1ccc([C@@H]2C(C(=O)OC)=C(C)N=C3SCCC(=O)N32)cc1. The van der Waals surface area contributed by atoms with E-state index in [0.717, 1.165) is 17.7 Å². The van der Waals surface area contributed by atoms with E-state index >= 15 is 0 Å². The molecule has 0 aromatic heterocycles. The topological polar surface area (TPSA) is 68.2 Å². The van der Waals surface area contributed by atoms with E-state index in [0.29, 0.717) is 35.2 Å². The number of benzene rings is 1. The van der Waals surface area contributed by atoms with E-state index in [2.05, 4.69) is 4.99 Å². The first kappa shape index (κ1) is 18.5. The monoisotopic (exact) mass is 374 g/mol. The van der Waals surface area contributed by atoms with Crippen molar-refractivity contribution < 1.29 is 19.1 Å². The van der Waals surface area contributed by atoms with Crippen LogP contribution in [0.2, 0.25) is 0 Å². The summed E-state index contributed by atoms with van der Waals surface area (Å²) in [6.45, 7) is 4.47. The molecule has 0 radical (unpaired) electrons. The van der Waals surface area contributed by atoms with Gasteiger partial charge in [-0.05, 0) is 31.0 Å². The van der Waals surface area contributed by atoms with Crippen LogP contribution in [0.25, 0.3) is 0 Å². The van der Waals surface area contributed by atoms with E-state index in [1.807, 2.05) is 31.2 Å². The Balaban J connectivity index is 2.03. The Hall–Kier alpha value is -2.28. The zero-order chi connectivity index (χ0) is 18.7. The molecule has 1 fully saturated rings. The fourth-order valence-corrected chi connectivity index (χ4v) is 4.06. The molecule has 0 saturated carbocycles. The van der Waals surface area contributed by atoms with Crippen molar-refractivity contribution in [3.63, 3.8) is 0 Å². The van der Waals surface area contributed by atoms with Crippen LogP contribution in [0.1, 0.15) is 38.3 Å². The number of amidine groups is 1. The number of nitrogens with zero attached hydrogens (tertiary/aromatic N) is 2. The van der Waals surface area contributed by atoms with Crippen molar-refractivity contribution in [3.8, 4) is 5.75 Å². The Morgan fingerprint density at radius 3 is 2.73 bits per heavy atom. The molecule has 0 unspecified atom stereocenters. The molecule has 1 aromatic carbocycles. The minimum atomic E-state index is -0.532. The zero-order valence-corrected chi connectivity index (χ0v) is 16.0. The summed E-state index contributed by atoms with van der Waals surface area (Å²) in [5, 5.41) is 0.641. The maximum Gasteiger partial charge on any atom is 0.338 e. The number of hydrogen-bond donors (Lipinski definition) is 0. The number of carbonyl (C=O) groups excluding carboxylic acids is 2. The van der Waals surface area contributed by atoms with Gasteiger partial charge in [0, 0.05) is 12.2 Å². The average molecular weight is 374 g/mol. The average Bonchev–Trinajstić information content (AvgIpc) is 2.65. The molecule has 0 bridgehead atoms. The lowest BCUT2D eigenvalue weighted by Gasteiger charge is -2.38. The Morgan fingerprint density at radius 1 is 1.35 bits per heavy atom. The summed E-state index contributed by atoms with van der Waals surface area (Å²) < 4.78 is 10.6. The highest BCUT2D eigenvalue weighted by Crippen LogP contribution is 2.40. The molecule has 2 heterocycles. The van der Waals surface area contributed by atoms with Gasteiger partial charge in [0.25, 0.3) is 0 Å². The second kappa shape index (κ2) is 7.95. The van der Waals surface area contributed by atoms with Crippen molar-refractivity contribution in [2.75, 3.05) is 19.5 Å². The van der Waals surface area contributed by atoms with E-state index in [4.69, 9.17) is 9.47 Å². The molecule has 3 rings (SSSR count). The maximum absolute atomic E-state index is 12.6. The van der Waals surface area contributed by atoms with Gasteiger partial charge >= 0.3 is 5.97 Å². The number of fused-ring (bicyclic) bond motifs is 1. The summed E-state index contributed by atoms with van der Waals surface area (Å²) in [5.41, 5.74) is 1.81. The molecule has 1 atom stereocenters. The highest BCUT2D eigenvalue weighted by Gasteiger charge is 2.41. The first-order chi connectivity index (χ1) is 12.6. The van der Waals surface area contributed by atoms with Crippen LogP contribution in [0.4, 0.5) is 0 Å².